The van der Waals surface area contributed by atoms with Crippen LogP contribution in [0.5, 0.6) is 0 Å². The van der Waals surface area contributed by atoms with Crippen LogP contribution in [0.2, 0.25) is 49.3 Å². The van der Waals surface area contributed by atoms with Crippen molar-refractivity contribution in [2.75, 3.05) is 0 Å². The lowest BCUT2D eigenvalue weighted by molar-refractivity contribution is 0.0407. The van der Waals surface area contributed by atoms with E-state index in [1.165, 1.54) is 0 Å². The summed E-state index contributed by atoms with van der Waals surface area (Å²) in [6.07, 6.45) is 0.612. The smallest absolute Gasteiger partial charge is 0.184 e. The zero-order valence-corrected chi connectivity index (χ0v) is 18.2. The summed E-state index contributed by atoms with van der Waals surface area (Å²) in [5.74, 6) is 0. The van der Waals surface area contributed by atoms with E-state index < -0.39 is 16.6 Å². The Morgan fingerprint density at radius 2 is 1.36 bits per heavy atom. The second-order valence-corrected chi connectivity index (χ2v) is 17.2. The normalized spacial score (nSPS) is 15.7. The van der Waals surface area contributed by atoms with Gasteiger partial charge in [0.1, 0.15) is 0 Å². The van der Waals surface area contributed by atoms with Crippen LogP contribution in [0.25, 0.3) is 0 Å². The van der Waals surface area contributed by atoms with Crippen LogP contribution in [-0.2, 0) is 8.85 Å². The van der Waals surface area contributed by atoms with Crippen molar-refractivity contribution in [2.24, 2.45) is 0 Å². The van der Waals surface area contributed by atoms with Crippen LogP contribution < -0.4 is 0 Å². The largest absolute Gasteiger partial charge is 0.412 e. The van der Waals surface area contributed by atoms with Crippen molar-refractivity contribution in [1.29, 1.82) is 0 Å². The maximum Gasteiger partial charge on any atom is 0.184 e. The van der Waals surface area contributed by atoms with Gasteiger partial charge in [0.2, 0.25) is 0 Å². The van der Waals surface area contributed by atoms with Crippen molar-refractivity contribution in [3.63, 3.8) is 0 Å². The van der Waals surface area contributed by atoms with E-state index in [1.54, 1.807) is 0 Å². The number of hydrogen-bond donors (Lipinski definition) is 0. The van der Waals surface area contributed by atoms with Crippen molar-refractivity contribution >= 4 is 39.8 Å². The zero-order valence-electron chi connectivity index (χ0n) is 14.7. The molecule has 0 aromatic heterocycles. The minimum Gasteiger partial charge on any atom is -0.412 e. The van der Waals surface area contributed by atoms with Crippen LogP contribution in [0, 0.1) is 0 Å². The van der Waals surface area contributed by atoms with Gasteiger partial charge in [-0.1, -0.05) is 36.2 Å². The van der Waals surface area contributed by atoms with Gasteiger partial charge in [0, 0.05) is 15.6 Å². The highest BCUT2D eigenvalue weighted by Crippen LogP contribution is 2.38. The van der Waals surface area contributed by atoms with Gasteiger partial charge in [-0.05, 0) is 57.8 Å². The Kier molecular flexibility index (Phi) is 7.18. The molecule has 0 saturated carbocycles. The standard InChI is InChI=1S/C16H28Cl2O2Si2/c1-8-14(19-21(2,3)4)16(20-22(5,6)7)15-12(17)10-9-11-13(15)18/h9-11,14,16H,8H2,1-7H3/t14-,16+/m0/s1. The maximum atomic E-state index is 6.45. The molecule has 0 aliphatic carbocycles. The molecule has 1 aromatic rings. The van der Waals surface area contributed by atoms with Gasteiger partial charge in [0.15, 0.2) is 16.6 Å². The Balaban J connectivity index is 3.28. The number of benzene rings is 1. The van der Waals surface area contributed by atoms with Gasteiger partial charge >= 0.3 is 0 Å². The Bertz CT molecular complexity index is 476. The van der Waals surface area contributed by atoms with Crippen LogP contribution in [0.3, 0.4) is 0 Å². The third-order valence-corrected chi connectivity index (χ3v) is 5.64. The fourth-order valence-electron chi connectivity index (χ4n) is 2.30. The van der Waals surface area contributed by atoms with Crippen LogP contribution in [0.15, 0.2) is 18.2 Å². The molecule has 1 rings (SSSR count). The van der Waals surface area contributed by atoms with Crippen molar-refractivity contribution in [1.82, 2.24) is 0 Å². The molecule has 0 radical (unpaired) electrons. The van der Waals surface area contributed by atoms with E-state index in [0.717, 1.165) is 12.0 Å². The van der Waals surface area contributed by atoms with Gasteiger partial charge in [-0.25, -0.2) is 0 Å². The molecule has 0 aliphatic heterocycles. The van der Waals surface area contributed by atoms with Crippen molar-refractivity contribution < 1.29 is 8.85 Å². The first-order valence-electron chi connectivity index (χ1n) is 7.74. The molecule has 126 valence electrons. The first kappa shape index (κ1) is 20.2. The number of hydrogen-bond acceptors (Lipinski definition) is 2. The van der Waals surface area contributed by atoms with E-state index >= 15 is 0 Å². The van der Waals surface area contributed by atoms with Crippen molar-refractivity contribution in [3.8, 4) is 0 Å². The van der Waals surface area contributed by atoms with Gasteiger partial charge in [-0.2, -0.15) is 0 Å². The van der Waals surface area contributed by atoms with E-state index in [2.05, 4.69) is 46.2 Å². The van der Waals surface area contributed by atoms with Gasteiger partial charge in [0.05, 0.1) is 12.2 Å². The van der Waals surface area contributed by atoms with Crippen LogP contribution >= 0.6 is 23.2 Å². The second kappa shape index (κ2) is 7.82. The zero-order chi connectivity index (χ0) is 17.1. The van der Waals surface area contributed by atoms with E-state index in [9.17, 15) is 0 Å². The minimum absolute atomic E-state index is 0.0317. The van der Waals surface area contributed by atoms with Crippen LogP contribution in [0.4, 0.5) is 0 Å². The Morgan fingerprint density at radius 3 is 1.73 bits per heavy atom. The van der Waals surface area contributed by atoms with Gasteiger partial charge in [-0.3, -0.25) is 0 Å². The predicted molar refractivity (Wildman–Crippen MR) is 102 cm³/mol. The summed E-state index contributed by atoms with van der Waals surface area (Å²) in [5, 5.41) is 1.29. The average Bonchev–Trinajstić information content (AvgIpc) is 2.32. The Hall–Kier alpha value is 0.154. The lowest BCUT2D eigenvalue weighted by Crippen LogP contribution is -2.40. The average molecular weight is 379 g/mol. The fraction of sp³-hybridized carbons (Fsp3) is 0.625. The summed E-state index contributed by atoms with van der Waals surface area (Å²) in [7, 11) is -3.48. The summed E-state index contributed by atoms with van der Waals surface area (Å²) >= 11 is 12.9. The molecule has 6 heteroatoms. The second-order valence-electron chi connectivity index (χ2n) is 7.46. The first-order valence-corrected chi connectivity index (χ1v) is 15.3. The molecule has 0 N–H and O–H groups in total. The van der Waals surface area contributed by atoms with Crippen molar-refractivity contribution in [2.45, 2.75) is 64.8 Å². The fourth-order valence-corrected chi connectivity index (χ4v) is 5.14. The summed E-state index contributed by atoms with van der Waals surface area (Å²) in [5.41, 5.74) is 0.860. The van der Waals surface area contributed by atoms with Crippen molar-refractivity contribution in [3.05, 3.63) is 33.8 Å². The molecule has 0 bridgehead atoms. The predicted octanol–water partition coefficient (Wildman–Crippen LogP) is 6.52. The first-order chi connectivity index (χ1) is 9.94. The quantitative estimate of drug-likeness (QED) is 0.502. The molecular weight excluding hydrogens is 351 g/mol. The molecule has 22 heavy (non-hydrogen) atoms. The summed E-state index contributed by atoms with van der Waals surface area (Å²) in [4.78, 5) is 0. The molecule has 2 nitrogen and oxygen atoms in total. The van der Waals surface area contributed by atoms with E-state index in [1.807, 2.05) is 18.2 Å². The van der Waals surface area contributed by atoms with E-state index in [-0.39, 0.29) is 12.2 Å². The topological polar surface area (TPSA) is 18.5 Å². The van der Waals surface area contributed by atoms with E-state index in [4.69, 9.17) is 32.1 Å². The molecule has 0 saturated heterocycles. The molecule has 0 fully saturated rings. The van der Waals surface area contributed by atoms with Crippen LogP contribution in [0.1, 0.15) is 25.0 Å². The molecule has 0 spiro atoms. The monoisotopic (exact) mass is 378 g/mol. The van der Waals surface area contributed by atoms with Gasteiger partial charge in [0.25, 0.3) is 0 Å². The summed E-state index contributed by atoms with van der Waals surface area (Å²) in [6, 6.07) is 5.59. The molecule has 2 atom stereocenters. The Labute approximate surface area is 147 Å². The lowest BCUT2D eigenvalue weighted by atomic mass is 10.0. The molecule has 1 aromatic carbocycles. The SMILES string of the molecule is CC[C@H](O[Si](C)(C)C)[C@@H](O[Si](C)(C)C)c1c(Cl)cccc1Cl. The highest BCUT2D eigenvalue weighted by atomic mass is 35.5. The maximum absolute atomic E-state index is 6.45. The van der Waals surface area contributed by atoms with Crippen LogP contribution in [-0.4, -0.2) is 22.7 Å². The third kappa shape index (κ3) is 6.34. The number of rotatable bonds is 7. The minimum atomic E-state index is -1.79. The Morgan fingerprint density at radius 1 is 0.909 bits per heavy atom. The summed E-state index contributed by atoms with van der Waals surface area (Å²) < 4.78 is 12.8. The van der Waals surface area contributed by atoms with E-state index in [0.29, 0.717) is 10.0 Å². The van der Waals surface area contributed by atoms with Gasteiger partial charge < -0.3 is 8.85 Å². The molecule has 0 aliphatic rings. The summed E-state index contributed by atoms with van der Waals surface area (Å²) in [6.45, 7) is 15.2. The molecule has 0 amide bonds. The third-order valence-electron chi connectivity index (χ3n) is 3.01. The number of halogens is 2. The van der Waals surface area contributed by atoms with Gasteiger partial charge in [-0.15, -0.1) is 0 Å². The highest BCUT2D eigenvalue weighted by molar-refractivity contribution is 6.70. The molecule has 0 heterocycles. The molecule has 0 unspecified atom stereocenters. The lowest BCUT2D eigenvalue weighted by Gasteiger charge is -2.36. The highest BCUT2D eigenvalue weighted by Gasteiger charge is 2.34. The molecular formula is C16H28Cl2O2Si2.